The third kappa shape index (κ3) is 3.30. The molecular weight excluding hydrogens is 267 g/mol. The molecule has 4 nitrogen and oxygen atoms in total. The van der Waals surface area contributed by atoms with Crippen LogP contribution >= 0.6 is 0 Å². The van der Waals surface area contributed by atoms with Crippen molar-refractivity contribution < 1.29 is 18.8 Å². The molecule has 1 unspecified atom stereocenters. The lowest BCUT2D eigenvalue weighted by molar-refractivity contribution is -0.142. The van der Waals surface area contributed by atoms with Crippen LogP contribution in [0.1, 0.15) is 39.2 Å². The predicted octanol–water partition coefficient (Wildman–Crippen LogP) is 3.04. The average Bonchev–Trinajstić information content (AvgIpc) is 2.64. The van der Waals surface area contributed by atoms with Gasteiger partial charge in [0, 0.05) is 0 Å². The van der Waals surface area contributed by atoms with Crippen LogP contribution < -0.4 is 0 Å². The maximum Gasteiger partial charge on any atom is 0.459 e. The molecule has 0 spiro atoms. The SMILES string of the molecule is COC(=O)C(CB1OC(C)(C)C(C)(C)O1)c1ccccc1. The third-order valence-electron chi connectivity index (χ3n) is 4.42. The maximum absolute atomic E-state index is 12.1. The normalized spacial score (nSPS) is 21.1. The van der Waals surface area contributed by atoms with Crippen LogP contribution in [0.25, 0.3) is 0 Å². The van der Waals surface area contributed by atoms with Gasteiger partial charge in [0.25, 0.3) is 0 Å². The van der Waals surface area contributed by atoms with Crippen LogP contribution in [0, 0.1) is 0 Å². The van der Waals surface area contributed by atoms with Crippen LogP contribution in [0.3, 0.4) is 0 Å². The van der Waals surface area contributed by atoms with Crippen LogP contribution in [0.15, 0.2) is 30.3 Å². The largest absolute Gasteiger partial charge is 0.469 e. The number of rotatable bonds is 4. The second kappa shape index (κ2) is 5.81. The van der Waals surface area contributed by atoms with E-state index in [0.29, 0.717) is 6.32 Å². The van der Waals surface area contributed by atoms with Gasteiger partial charge in [0.2, 0.25) is 0 Å². The van der Waals surface area contributed by atoms with Crippen molar-refractivity contribution in [2.24, 2.45) is 0 Å². The second-order valence-electron chi connectivity index (χ2n) is 6.41. The van der Waals surface area contributed by atoms with Gasteiger partial charge in [-0.05, 0) is 39.6 Å². The molecule has 0 amide bonds. The van der Waals surface area contributed by atoms with Crippen molar-refractivity contribution in [1.29, 1.82) is 0 Å². The number of methoxy groups -OCH3 is 1. The molecule has 21 heavy (non-hydrogen) atoms. The lowest BCUT2D eigenvalue weighted by atomic mass is 9.75. The zero-order valence-electron chi connectivity index (χ0n) is 13.4. The van der Waals surface area contributed by atoms with Crippen LogP contribution in [0.4, 0.5) is 0 Å². The second-order valence-corrected chi connectivity index (χ2v) is 6.41. The maximum atomic E-state index is 12.1. The van der Waals surface area contributed by atoms with Crippen molar-refractivity contribution in [3.63, 3.8) is 0 Å². The highest BCUT2D eigenvalue weighted by molar-refractivity contribution is 6.46. The lowest BCUT2D eigenvalue weighted by Gasteiger charge is -2.32. The summed E-state index contributed by atoms with van der Waals surface area (Å²) in [6.45, 7) is 8.01. The van der Waals surface area contributed by atoms with Crippen molar-refractivity contribution in [2.75, 3.05) is 7.11 Å². The minimum atomic E-state index is -0.417. The molecule has 0 N–H and O–H groups in total. The highest BCUT2D eigenvalue weighted by Crippen LogP contribution is 2.39. The van der Waals surface area contributed by atoms with E-state index in [1.54, 1.807) is 0 Å². The minimum Gasteiger partial charge on any atom is -0.469 e. The zero-order chi connectivity index (χ0) is 15.7. The molecule has 1 aromatic rings. The van der Waals surface area contributed by atoms with Crippen molar-refractivity contribution in [2.45, 2.75) is 51.1 Å². The number of esters is 1. The molecular formula is C16H23BO4. The quantitative estimate of drug-likeness (QED) is 0.631. The monoisotopic (exact) mass is 290 g/mol. The molecule has 5 heteroatoms. The molecule has 0 radical (unpaired) electrons. The van der Waals surface area contributed by atoms with E-state index in [2.05, 4.69) is 0 Å². The molecule has 1 atom stereocenters. The number of carbonyl (C=O) groups excluding carboxylic acids is 1. The highest BCUT2D eigenvalue weighted by Gasteiger charge is 2.52. The van der Waals surface area contributed by atoms with Crippen LogP contribution in [0.5, 0.6) is 0 Å². The molecule has 1 saturated heterocycles. The first kappa shape index (κ1) is 16.1. The molecule has 1 fully saturated rings. The Balaban J connectivity index is 2.16. The molecule has 0 saturated carbocycles. The van der Waals surface area contributed by atoms with Gasteiger partial charge >= 0.3 is 13.1 Å². The number of hydrogen-bond donors (Lipinski definition) is 0. The fourth-order valence-corrected chi connectivity index (χ4v) is 2.45. The van der Waals surface area contributed by atoms with Gasteiger partial charge in [-0.25, -0.2) is 0 Å². The number of benzene rings is 1. The Labute approximate surface area is 126 Å². The average molecular weight is 290 g/mol. The summed E-state index contributed by atoms with van der Waals surface area (Å²) in [4.78, 5) is 12.1. The summed E-state index contributed by atoms with van der Waals surface area (Å²) in [5, 5.41) is 0. The molecule has 1 aliphatic rings. The van der Waals surface area contributed by atoms with Crippen LogP contribution in [-0.2, 0) is 18.8 Å². The van der Waals surface area contributed by atoms with Gasteiger partial charge < -0.3 is 14.0 Å². The molecule has 0 aliphatic carbocycles. The van der Waals surface area contributed by atoms with E-state index >= 15 is 0 Å². The summed E-state index contributed by atoms with van der Waals surface area (Å²) in [7, 11) is 0.988. The fourth-order valence-electron chi connectivity index (χ4n) is 2.45. The minimum absolute atomic E-state index is 0.268. The Morgan fingerprint density at radius 3 is 2.14 bits per heavy atom. The number of hydrogen-bond acceptors (Lipinski definition) is 4. The van der Waals surface area contributed by atoms with Crippen LogP contribution in [-0.4, -0.2) is 31.4 Å². The summed E-state index contributed by atoms with van der Waals surface area (Å²) >= 11 is 0. The van der Waals surface area contributed by atoms with Gasteiger partial charge in [-0.3, -0.25) is 4.79 Å². The summed E-state index contributed by atoms with van der Waals surface area (Å²) in [5.74, 6) is -0.651. The number of ether oxygens (including phenoxy) is 1. The first-order valence-corrected chi connectivity index (χ1v) is 7.25. The molecule has 0 aromatic heterocycles. The van der Waals surface area contributed by atoms with Gasteiger partial charge in [0.1, 0.15) is 0 Å². The van der Waals surface area contributed by atoms with E-state index in [1.165, 1.54) is 7.11 Å². The Kier molecular flexibility index (Phi) is 4.44. The Hall–Kier alpha value is -1.33. The van der Waals surface area contributed by atoms with Crippen molar-refractivity contribution in [3.8, 4) is 0 Å². The first-order valence-electron chi connectivity index (χ1n) is 7.25. The van der Waals surface area contributed by atoms with Crippen molar-refractivity contribution >= 4 is 13.1 Å². The number of carbonyl (C=O) groups is 1. The standard InChI is InChI=1S/C16H23BO4/c1-15(2)16(3,4)21-17(20-15)11-13(14(18)19-5)12-9-7-6-8-10-12/h6-10,13H,11H2,1-5H3. The van der Waals surface area contributed by atoms with E-state index in [-0.39, 0.29) is 11.9 Å². The van der Waals surface area contributed by atoms with Crippen molar-refractivity contribution in [3.05, 3.63) is 35.9 Å². The predicted molar refractivity (Wildman–Crippen MR) is 82.1 cm³/mol. The van der Waals surface area contributed by atoms with Gasteiger partial charge in [-0.2, -0.15) is 0 Å². The first-order chi connectivity index (χ1) is 9.77. The lowest BCUT2D eigenvalue weighted by Crippen LogP contribution is -2.41. The van der Waals surface area contributed by atoms with E-state index in [1.807, 2.05) is 58.0 Å². The van der Waals surface area contributed by atoms with E-state index in [9.17, 15) is 4.79 Å². The van der Waals surface area contributed by atoms with Gasteiger partial charge in [-0.15, -0.1) is 0 Å². The summed E-state index contributed by atoms with van der Waals surface area (Å²) in [6, 6.07) is 9.59. The summed E-state index contributed by atoms with van der Waals surface area (Å²) in [6.07, 6.45) is 0.448. The molecule has 1 aliphatic heterocycles. The third-order valence-corrected chi connectivity index (χ3v) is 4.42. The smallest absolute Gasteiger partial charge is 0.459 e. The molecule has 114 valence electrons. The molecule has 0 bridgehead atoms. The Morgan fingerprint density at radius 1 is 1.14 bits per heavy atom. The highest BCUT2D eigenvalue weighted by atomic mass is 16.7. The van der Waals surface area contributed by atoms with E-state index < -0.39 is 18.3 Å². The summed E-state index contributed by atoms with van der Waals surface area (Å²) in [5.41, 5.74) is 0.128. The zero-order valence-corrected chi connectivity index (χ0v) is 13.4. The Morgan fingerprint density at radius 2 is 1.67 bits per heavy atom. The topological polar surface area (TPSA) is 44.8 Å². The van der Waals surface area contributed by atoms with Gasteiger partial charge in [0.15, 0.2) is 0 Å². The van der Waals surface area contributed by atoms with E-state index in [0.717, 1.165) is 5.56 Å². The van der Waals surface area contributed by atoms with Crippen molar-refractivity contribution in [1.82, 2.24) is 0 Å². The Bertz CT molecular complexity index is 482. The van der Waals surface area contributed by atoms with Gasteiger partial charge in [-0.1, -0.05) is 30.3 Å². The van der Waals surface area contributed by atoms with E-state index in [4.69, 9.17) is 14.0 Å². The fraction of sp³-hybridized carbons (Fsp3) is 0.562. The summed E-state index contributed by atoms with van der Waals surface area (Å²) < 4.78 is 16.9. The van der Waals surface area contributed by atoms with Crippen LogP contribution in [0.2, 0.25) is 6.32 Å². The molecule has 1 heterocycles. The molecule has 1 aromatic carbocycles. The molecule has 2 rings (SSSR count). The van der Waals surface area contributed by atoms with Gasteiger partial charge in [0.05, 0.1) is 24.2 Å².